The highest BCUT2D eigenvalue weighted by molar-refractivity contribution is 7.99. The number of hydrazine groups is 1. The Morgan fingerprint density at radius 2 is 1.47 bits per heavy atom. The molecule has 0 fully saturated rings. The van der Waals surface area contributed by atoms with Crippen molar-refractivity contribution in [1.29, 1.82) is 0 Å². The van der Waals surface area contributed by atoms with Crippen LogP contribution in [0.2, 0.25) is 0 Å². The van der Waals surface area contributed by atoms with E-state index in [4.69, 9.17) is 18.5 Å². The molecule has 15 nitrogen and oxygen atoms in total. The summed E-state index contributed by atoms with van der Waals surface area (Å²) >= 11 is 1.36. The summed E-state index contributed by atoms with van der Waals surface area (Å²) in [4.78, 5) is 69.2. The van der Waals surface area contributed by atoms with Crippen LogP contribution in [0.3, 0.4) is 0 Å². The molecule has 0 saturated carbocycles. The lowest BCUT2D eigenvalue weighted by molar-refractivity contribution is -0.129. The SMILES string of the molecule is COc1ccc([C@@H]2Sc3ccccc3N(CC(=O)Nc3cccc4ccccc34)C(=O)[C@H]2NC(=O)[C@H](Cc2ccc(OP(=O)(O)OCc3ccccc3)cc2)NNC(=O)OC(C)(C)C)cc1. The molecule has 5 N–H and O–H groups in total. The van der Waals surface area contributed by atoms with Gasteiger partial charge in [-0.2, -0.15) is 0 Å². The van der Waals surface area contributed by atoms with Gasteiger partial charge in [0.25, 0.3) is 5.91 Å². The third-order valence-corrected chi connectivity index (χ3v) is 12.5. The first-order chi connectivity index (χ1) is 31.6. The molecule has 17 heteroatoms. The number of phosphoric ester groups is 1. The van der Waals surface area contributed by atoms with Gasteiger partial charge in [-0.1, -0.05) is 103 Å². The standard InChI is InChI=1S/C49H50N5O10PS/c1-49(2,3)63-48(58)53-52-40(29-32-21-25-37(26-22-32)64-65(59,60)62-31-33-13-6-5-7-14-33)46(56)51-44-45(35-23-27-36(61-4)28-24-35)66-42-20-11-10-19-41(42)54(47(44)57)30-43(55)50-39-18-12-16-34-15-8-9-17-38(34)39/h5-28,40,44-45,52H,29-31H2,1-4H3,(H,50,55)(H,51,56)(H,53,58)(H,59,60)/t40-,44-,45-/m0/s1. The fourth-order valence-corrected chi connectivity index (χ4v) is 9.24. The largest absolute Gasteiger partial charge is 0.527 e. The maximum Gasteiger partial charge on any atom is 0.527 e. The normalized spacial score (nSPS) is 16.2. The number of hydrogen-bond donors (Lipinski definition) is 5. The molecule has 1 unspecified atom stereocenters. The summed E-state index contributed by atoms with van der Waals surface area (Å²) in [5, 5.41) is 7.02. The van der Waals surface area contributed by atoms with Crippen LogP contribution in [0.15, 0.2) is 150 Å². The number of methoxy groups -OCH3 is 1. The van der Waals surface area contributed by atoms with Crippen molar-refractivity contribution in [2.75, 3.05) is 23.9 Å². The van der Waals surface area contributed by atoms with Crippen LogP contribution in [0.5, 0.6) is 11.5 Å². The number of benzene rings is 6. The van der Waals surface area contributed by atoms with E-state index in [9.17, 15) is 23.8 Å². The maximum absolute atomic E-state index is 15.1. The van der Waals surface area contributed by atoms with Gasteiger partial charge < -0.3 is 29.5 Å². The van der Waals surface area contributed by atoms with Gasteiger partial charge in [-0.05, 0) is 91.7 Å². The molecule has 4 amide bonds. The van der Waals surface area contributed by atoms with E-state index in [0.717, 1.165) is 10.8 Å². The van der Waals surface area contributed by atoms with E-state index in [-0.39, 0.29) is 25.3 Å². The highest BCUT2D eigenvalue weighted by Gasteiger charge is 2.41. The molecule has 0 bridgehead atoms. The summed E-state index contributed by atoms with van der Waals surface area (Å²) in [6.45, 7) is 4.55. The van der Waals surface area contributed by atoms with Crippen molar-refractivity contribution in [1.82, 2.24) is 16.2 Å². The van der Waals surface area contributed by atoms with Crippen molar-refractivity contribution >= 4 is 65.5 Å². The third-order valence-electron chi connectivity index (χ3n) is 10.2. The Morgan fingerprint density at radius 1 is 0.803 bits per heavy atom. The van der Waals surface area contributed by atoms with Gasteiger partial charge in [0.2, 0.25) is 11.8 Å². The van der Waals surface area contributed by atoms with Gasteiger partial charge >= 0.3 is 13.9 Å². The summed E-state index contributed by atoms with van der Waals surface area (Å²) < 4.78 is 34.1. The van der Waals surface area contributed by atoms with Crippen LogP contribution >= 0.6 is 19.6 Å². The van der Waals surface area contributed by atoms with Crippen LogP contribution in [0.1, 0.15) is 42.7 Å². The van der Waals surface area contributed by atoms with Crippen molar-refractivity contribution in [3.8, 4) is 11.5 Å². The van der Waals surface area contributed by atoms with Gasteiger partial charge in [-0.25, -0.2) is 14.8 Å². The maximum atomic E-state index is 15.1. The molecule has 1 aliphatic heterocycles. The van der Waals surface area contributed by atoms with Crippen LogP contribution < -0.4 is 35.6 Å². The first kappa shape index (κ1) is 47.3. The second-order valence-electron chi connectivity index (χ2n) is 16.3. The minimum atomic E-state index is -4.52. The van der Waals surface area contributed by atoms with Crippen LogP contribution in [0.25, 0.3) is 10.8 Å². The van der Waals surface area contributed by atoms with Gasteiger partial charge in [-0.15, -0.1) is 11.8 Å². The number of nitrogens with zero attached hydrogens (tertiary/aromatic N) is 1. The quantitative estimate of drug-likeness (QED) is 0.0460. The van der Waals surface area contributed by atoms with Gasteiger partial charge in [0.15, 0.2) is 0 Å². The van der Waals surface area contributed by atoms with Crippen molar-refractivity contribution in [2.45, 2.75) is 61.6 Å². The van der Waals surface area contributed by atoms with Crippen molar-refractivity contribution < 1.29 is 47.2 Å². The molecule has 0 saturated heterocycles. The summed E-state index contributed by atoms with van der Waals surface area (Å²) in [6, 6.07) is 40.1. The third kappa shape index (κ3) is 12.6. The molecule has 1 aliphatic rings. The van der Waals surface area contributed by atoms with Crippen LogP contribution in [-0.4, -0.2) is 60.0 Å². The highest BCUT2D eigenvalue weighted by Crippen LogP contribution is 2.47. The van der Waals surface area contributed by atoms with E-state index >= 15 is 4.79 Å². The Balaban J connectivity index is 1.16. The smallest absolute Gasteiger partial charge is 0.497 e. The van der Waals surface area contributed by atoms with Crippen LogP contribution in [0, 0.1) is 0 Å². The predicted octanol–water partition coefficient (Wildman–Crippen LogP) is 8.49. The zero-order valence-electron chi connectivity index (χ0n) is 36.6. The number of carbonyl (C=O) groups is 4. The predicted molar refractivity (Wildman–Crippen MR) is 253 cm³/mol. The van der Waals surface area contributed by atoms with Crippen LogP contribution in [0.4, 0.5) is 16.2 Å². The van der Waals surface area contributed by atoms with Gasteiger partial charge in [0, 0.05) is 16.0 Å². The number of thioether (sulfide) groups is 1. The topological polar surface area (TPSA) is 194 Å². The fourth-order valence-electron chi connectivity index (χ4n) is 7.15. The van der Waals surface area contributed by atoms with E-state index in [1.807, 2.05) is 66.7 Å². The molecule has 7 rings (SSSR count). The number of ether oxygens (including phenoxy) is 2. The van der Waals surface area contributed by atoms with Crippen molar-refractivity contribution in [2.24, 2.45) is 0 Å². The number of rotatable bonds is 16. The number of carbonyl (C=O) groups excluding carboxylic acids is 4. The zero-order valence-corrected chi connectivity index (χ0v) is 38.3. The molecule has 0 aliphatic carbocycles. The molecular formula is C49H50N5O10PS. The van der Waals surface area contributed by atoms with Gasteiger partial charge in [0.1, 0.15) is 35.7 Å². The Kier molecular flexibility index (Phi) is 15.1. The molecule has 4 atom stereocenters. The molecule has 6 aromatic rings. The zero-order chi connectivity index (χ0) is 46.8. The molecule has 66 heavy (non-hydrogen) atoms. The Bertz CT molecular complexity index is 2710. The lowest BCUT2D eigenvalue weighted by Crippen LogP contribution is -2.58. The monoisotopic (exact) mass is 931 g/mol. The molecular weight excluding hydrogens is 882 g/mol. The Morgan fingerprint density at radius 3 is 2.20 bits per heavy atom. The highest BCUT2D eigenvalue weighted by atomic mass is 32.2. The minimum absolute atomic E-state index is 0.0334. The number of phosphoric acid groups is 1. The summed E-state index contributed by atoms with van der Waals surface area (Å²) in [5.74, 6) is -1.07. The molecule has 0 aromatic heterocycles. The summed E-state index contributed by atoms with van der Waals surface area (Å²) in [5.41, 5.74) is 7.37. The van der Waals surface area contributed by atoms with E-state index in [1.54, 1.807) is 94.6 Å². The number of amides is 4. The minimum Gasteiger partial charge on any atom is -0.497 e. The molecule has 1 heterocycles. The average molecular weight is 932 g/mol. The first-order valence-corrected chi connectivity index (χ1v) is 23.4. The van der Waals surface area contributed by atoms with Crippen molar-refractivity contribution in [3.05, 3.63) is 162 Å². The van der Waals surface area contributed by atoms with Gasteiger partial charge in [0.05, 0.1) is 24.7 Å². The molecule has 0 radical (unpaired) electrons. The Labute approximate surface area is 386 Å². The average Bonchev–Trinajstić information content (AvgIpc) is 3.41. The lowest BCUT2D eigenvalue weighted by atomic mass is 10.0. The number of para-hydroxylation sites is 1. The first-order valence-electron chi connectivity index (χ1n) is 21.0. The lowest BCUT2D eigenvalue weighted by Gasteiger charge is -2.30. The molecule has 6 aromatic carbocycles. The second kappa shape index (κ2) is 21.1. The summed E-state index contributed by atoms with van der Waals surface area (Å²) in [6.07, 6.45) is -0.906. The molecule has 342 valence electrons. The number of nitrogens with one attached hydrogen (secondary N) is 4. The second-order valence-corrected chi connectivity index (χ2v) is 18.8. The fraction of sp³-hybridized carbons (Fsp3) is 0.224. The molecule has 0 spiro atoms. The van der Waals surface area contributed by atoms with E-state index in [2.05, 4.69) is 21.5 Å². The Hall–Kier alpha value is -6.68. The number of anilines is 2. The van der Waals surface area contributed by atoms with E-state index in [0.29, 0.717) is 38.7 Å². The number of hydrogen-bond acceptors (Lipinski definition) is 11. The number of fused-ring (bicyclic) bond motifs is 2. The van der Waals surface area contributed by atoms with Crippen molar-refractivity contribution in [3.63, 3.8) is 0 Å². The van der Waals surface area contributed by atoms with Gasteiger partial charge in [-0.3, -0.25) is 29.2 Å². The van der Waals surface area contributed by atoms with E-state index < -0.39 is 54.6 Å². The van der Waals surface area contributed by atoms with Crippen LogP contribution in [-0.2, 0) is 41.2 Å². The van der Waals surface area contributed by atoms with E-state index in [1.165, 1.54) is 28.8 Å². The summed E-state index contributed by atoms with van der Waals surface area (Å²) in [7, 11) is -2.97.